The summed E-state index contributed by atoms with van der Waals surface area (Å²) in [4.78, 5) is 1.60. The molecule has 1 saturated heterocycles. The van der Waals surface area contributed by atoms with Gasteiger partial charge in [0.1, 0.15) is 11.5 Å². The molecule has 0 aromatic heterocycles. The highest BCUT2D eigenvalue weighted by atomic mass is 32.2. The van der Waals surface area contributed by atoms with Crippen molar-refractivity contribution >= 4 is 21.7 Å². The molecule has 0 saturated carbocycles. The molecule has 0 bridgehead atoms. The Morgan fingerprint density at radius 2 is 1.75 bits per heavy atom. The van der Waals surface area contributed by atoms with E-state index in [1.165, 1.54) is 40.7 Å². The fourth-order valence-corrected chi connectivity index (χ4v) is 5.50. The van der Waals surface area contributed by atoms with Crippen molar-refractivity contribution in [1.29, 1.82) is 0 Å². The fourth-order valence-electron chi connectivity index (χ4n) is 3.00. The molecule has 1 nitrogen and oxygen atoms in total. The molecule has 2 aromatic carbocycles. The maximum Gasteiger partial charge on any atom is 0.162 e. The molecule has 3 rings (SSSR count). The third kappa shape index (κ3) is 2.87. The van der Waals surface area contributed by atoms with Gasteiger partial charge in [0.25, 0.3) is 0 Å². The van der Waals surface area contributed by atoms with Crippen molar-refractivity contribution in [1.82, 2.24) is 0 Å². The molecule has 2 heteroatoms. The summed E-state index contributed by atoms with van der Waals surface area (Å²) in [6, 6.07) is 13.6. The fraction of sp³-hybridized carbons (Fsp3) is 0.444. The van der Waals surface area contributed by atoms with Crippen LogP contribution < -0.4 is 0 Å². The number of hydrogen-bond donors (Lipinski definition) is 0. The second-order valence-electron chi connectivity index (χ2n) is 5.32. The van der Waals surface area contributed by atoms with Crippen LogP contribution in [0.1, 0.15) is 25.3 Å². The summed E-state index contributed by atoms with van der Waals surface area (Å²) in [5.74, 6) is 2.78. The van der Waals surface area contributed by atoms with Crippen molar-refractivity contribution in [3.05, 3.63) is 42.0 Å². The van der Waals surface area contributed by atoms with Crippen molar-refractivity contribution in [3.63, 3.8) is 0 Å². The largest absolute Gasteiger partial charge is 0.381 e. The van der Waals surface area contributed by atoms with Crippen molar-refractivity contribution < 1.29 is 4.74 Å². The van der Waals surface area contributed by atoms with E-state index in [2.05, 4.69) is 43.3 Å². The van der Waals surface area contributed by atoms with Gasteiger partial charge in [-0.15, -0.1) is 0 Å². The Morgan fingerprint density at radius 1 is 1.00 bits per heavy atom. The molecule has 1 aliphatic rings. The molecular formula is C18H23OS+. The van der Waals surface area contributed by atoms with E-state index in [4.69, 9.17) is 4.74 Å². The Labute approximate surface area is 124 Å². The summed E-state index contributed by atoms with van der Waals surface area (Å²) in [6.07, 6.45) is 3.83. The average molecular weight is 287 g/mol. The molecule has 0 atom stereocenters. The molecule has 0 aliphatic carbocycles. The first-order chi connectivity index (χ1) is 9.90. The van der Waals surface area contributed by atoms with E-state index in [1.54, 1.807) is 4.90 Å². The van der Waals surface area contributed by atoms with E-state index < -0.39 is 0 Å². The zero-order valence-electron chi connectivity index (χ0n) is 12.2. The minimum absolute atomic E-state index is 0.488. The Kier molecular flexibility index (Phi) is 4.64. The van der Waals surface area contributed by atoms with Crippen molar-refractivity contribution in [3.8, 4) is 0 Å². The van der Waals surface area contributed by atoms with Crippen LogP contribution in [0, 0.1) is 0 Å². The van der Waals surface area contributed by atoms with Crippen LogP contribution in [0.3, 0.4) is 0 Å². The first-order valence-corrected chi connectivity index (χ1v) is 9.22. The Bertz CT molecular complexity index is 573. The molecule has 0 N–H and O–H groups in total. The van der Waals surface area contributed by atoms with E-state index in [-0.39, 0.29) is 0 Å². The molecule has 0 amide bonds. The molecule has 1 fully saturated rings. The van der Waals surface area contributed by atoms with Crippen LogP contribution in [0.5, 0.6) is 0 Å². The van der Waals surface area contributed by atoms with Gasteiger partial charge in [-0.05, 0) is 49.3 Å². The quantitative estimate of drug-likeness (QED) is 0.592. The average Bonchev–Trinajstić information content (AvgIpc) is 3.01. The van der Waals surface area contributed by atoms with Crippen LogP contribution in [0.2, 0.25) is 0 Å². The van der Waals surface area contributed by atoms with Gasteiger partial charge >= 0.3 is 0 Å². The molecule has 0 unspecified atom stereocenters. The van der Waals surface area contributed by atoms with E-state index >= 15 is 0 Å². The molecule has 1 aliphatic heterocycles. The number of rotatable bonds is 5. The van der Waals surface area contributed by atoms with Gasteiger partial charge in [-0.2, -0.15) is 0 Å². The maximum absolute atomic E-state index is 5.52. The van der Waals surface area contributed by atoms with Gasteiger partial charge in [-0.3, -0.25) is 0 Å². The van der Waals surface area contributed by atoms with Crippen LogP contribution in [-0.4, -0.2) is 24.7 Å². The number of ether oxygens (including phenoxy) is 1. The summed E-state index contributed by atoms with van der Waals surface area (Å²) >= 11 is 0. The van der Waals surface area contributed by atoms with Gasteiger partial charge in [0.15, 0.2) is 4.90 Å². The predicted octanol–water partition coefficient (Wildman–Crippen LogP) is 4.19. The Hall–Kier alpha value is -0.990. The van der Waals surface area contributed by atoms with Gasteiger partial charge in [-0.25, -0.2) is 0 Å². The van der Waals surface area contributed by atoms with E-state index in [9.17, 15) is 0 Å². The van der Waals surface area contributed by atoms with Gasteiger partial charge in [0.05, 0.1) is 6.61 Å². The predicted molar refractivity (Wildman–Crippen MR) is 88.7 cm³/mol. The van der Waals surface area contributed by atoms with Crippen LogP contribution in [0.4, 0.5) is 0 Å². The summed E-state index contributed by atoms with van der Waals surface area (Å²) < 4.78 is 5.52. The number of benzene rings is 2. The minimum atomic E-state index is 0.488. The van der Waals surface area contributed by atoms with Gasteiger partial charge in [0, 0.05) is 22.9 Å². The molecule has 0 radical (unpaired) electrons. The monoisotopic (exact) mass is 287 g/mol. The lowest BCUT2D eigenvalue weighted by atomic mass is 10.0. The smallest absolute Gasteiger partial charge is 0.162 e. The third-order valence-electron chi connectivity index (χ3n) is 4.04. The molecule has 0 spiro atoms. The maximum atomic E-state index is 5.52. The highest BCUT2D eigenvalue weighted by Crippen LogP contribution is 2.31. The summed E-state index contributed by atoms with van der Waals surface area (Å²) in [5.41, 5.74) is 1.43. The van der Waals surface area contributed by atoms with Crippen molar-refractivity contribution in [2.75, 3.05) is 24.7 Å². The molecule has 106 valence electrons. The first-order valence-electron chi connectivity index (χ1n) is 7.66. The number of fused-ring (bicyclic) bond motifs is 1. The zero-order valence-corrected chi connectivity index (χ0v) is 13.0. The summed E-state index contributed by atoms with van der Waals surface area (Å²) in [5, 5.41) is 2.91. The second kappa shape index (κ2) is 6.64. The second-order valence-corrected chi connectivity index (χ2v) is 7.57. The highest BCUT2D eigenvalue weighted by Gasteiger charge is 2.28. The third-order valence-corrected chi connectivity index (χ3v) is 6.58. The lowest BCUT2D eigenvalue weighted by Crippen LogP contribution is -2.06. The van der Waals surface area contributed by atoms with Gasteiger partial charge in [0.2, 0.25) is 0 Å². The van der Waals surface area contributed by atoms with Crippen LogP contribution in [0.15, 0.2) is 41.3 Å². The first kappa shape index (κ1) is 14.0. The molecule has 20 heavy (non-hydrogen) atoms. The van der Waals surface area contributed by atoms with Gasteiger partial charge in [-0.1, -0.05) is 24.3 Å². The lowest BCUT2D eigenvalue weighted by Gasteiger charge is -2.10. The molecule has 2 aromatic rings. The Morgan fingerprint density at radius 3 is 2.50 bits per heavy atom. The van der Waals surface area contributed by atoms with E-state index in [1.807, 2.05) is 0 Å². The molecular weight excluding hydrogens is 264 g/mol. The van der Waals surface area contributed by atoms with E-state index in [0.29, 0.717) is 10.9 Å². The number of hydrogen-bond acceptors (Lipinski definition) is 1. The Balaban J connectivity index is 1.96. The zero-order chi connectivity index (χ0) is 13.8. The SMILES string of the molecule is CCOCCc1ccc([S+]2CCCC2)c2ccccc12. The van der Waals surface area contributed by atoms with Crippen molar-refractivity contribution in [2.24, 2.45) is 0 Å². The summed E-state index contributed by atoms with van der Waals surface area (Å²) in [7, 11) is 0.488. The van der Waals surface area contributed by atoms with Crippen LogP contribution in [0.25, 0.3) is 10.8 Å². The molecule has 1 heterocycles. The van der Waals surface area contributed by atoms with E-state index in [0.717, 1.165) is 19.6 Å². The standard InChI is InChI=1S/C18H23OS/c1-2-19-12-11-15-9-10-18(20-13-5-6-14-20)17-8-4-3-7-16(15)17/h3-4,7-10H,2,5-6,11-14H2,1H3/q+1. The lowest BCUT2D eigenvalue weighted by molar-refractivity contribution is 0.151. The summed E-state index contributed by atoms with van der Waals surface area (Å²) in [6.45, 7) is 3.69. The van der Waals surface area contributed by atoms with Crippen molar-refractivity contribution in [2.45, 2.75) is 31.1 Å². The van der Waals surface area contributed by atoms with Gasteiger partial charge < -0.3 is 4.74 Å². The topological polar surface area (TPSA) is 9.23 Å². The van der Waals surface area contributed by atoms with Crippen LogP contribution in [-0.2, 0) is 22.1 Å². The highest BCUT2D eigenvalue weighted by molar-refractivity contribution is 7.97. The normalized spacial score (nSPS) is 16.1. The van der Waals surface area contributed by atoms with Crippen LogP contribution >= 0.6 is 0 Å². The minimum Gasteiger partial charge on any atom is -0.381 e.